The summed E-state index contributed by atoms with van der Waals surface area (Å²) in [4.78, 5) is 28.3. The van der Waals surface area contributed by atoms with Gasteiger partial charge in [0.2, 0.25) is 0 Å². The molecule has 0 aliphatic carbocycles. The number of ether oxygens (including phenoxy) is 3. The Balaban J connectivity index is 1.87. The van der Waals surface area contributed by atoms with Crippen LogP contribution in [0.25, 0.3) is 5.76 Å². The van der Waals surface area contributed by atoms with Crippen molar-refractivity contribution in [2.24, 2.45) is 0 Å². The Hall–Kier alpha value is -4.46. The highest BCUT2D eigenvalue weighted by Gasteiger charge is 2.47. The number of aryl methyl sites for hydroxylation is 1. The Kier molecular flexibility index (Phi) is 8.44. The molecule has 1 aliphatic heterocycles. The Labute approximate surface area is 228 Å². The Morgan fingerprint density at radius 3 is 2.15 bits per heavy atom. The number of rotatable bonds is 10. The summed E-state index contributed by atoms with van der Waals surface area (Å²) in [6, 6.07) is 15.4. The maximum Gasteiger partial charge on any atom is 0.300 e. The Morgan fingerprint density at radius 2 is 1.51 bits per heavy atom. The summed E-state index contributed by atoms with van der Waals surface area (Å²) in [7, 11) is 0. The molecule has 1 aliphatic rings. The SMILES string of the molecule is CCCOc1ccc(/C(O)=C2\C(=O)C(=O)N(c3ccc(OCC)c(OCC)c3)C2c2ccc(O)cc2)cc1C. The van der Waals surface area contributed by atoms with Crippen molar-refractivity contribution in [2.75, 3.05) is 24.7 Å². The number of aliphatic hydroxyl groups excluding tert-OH is 1. The van der Waals surface area contributed by atoms with E-state index >= 15 is 0 Å². The van der Waals surface area contributed by atoms with Gasteiger partial charge in [-0.25, -0.2) is 0 Å². The van der Waals surface area contributed by atoms with Crippen molar-refractivity contribution in [3.63, 3.8) is 0 Å². The van der Waals surface area contributed by atoms with E-state index in [1.165, 1.54) is 17.0 Å². The van der Waals surface area contributed by atoms with Gasteiger partial charge >= 0.3 is 0 Å². The number of hydrogen-bond acceptors (Lipinski definition) is 7. The molecule has 4 rings (SSSR count). The number of Topliss-reactive ketones (excluding diaryl/α,β-unsaturated/α-hetero) is 1. The highest BCUT2D eigenvalue weighted by molar-refractivity contribution is 6.51. The number of amides is 1. The van der Waals surface area contributed by atoms with Gasteiger partial charge in [-0.05, 0) is 80.8 Å². The first-order chi connectivity index (χ1) is 18.8. The molecule has 0 radical (unpaired) electrons. The number of hydrogen-bond donors (Lipinski definition) is 2. The molecule has 1 fully saturated rings. The van der Waals surface area contributed by atoms with Crippen molar-refractivity contribution in [1.82, 2.24) is 0 Å². The fourth-order valence-corrected chi connectivity index (χ4v) is 4.59. The van der Waals surface area contributed by atoms with E-state index in [2.05, 4.69) is 0 Å². The fourth-order valence-electron chi connectivity index (χ4n) is 4.59. The summed E-state index contributed by atoms with van der Waals surface area (Å²) in [5, 5.41) is 21.3. The summed E-state index contributed by atoms with van der Waals surface area (Å²) in [5.74, 6) is -0.240. The lowest BCUT2D eigenvalue weighted by atomic mass is 9.94. The number of phenols is 1. The molecular formula is C31H33NO7. The molecule has 39 heavy (non-hydrogen) atoms. The number of carbonyl (C=O) groups is 2. The van der Waals surface area contributed by atoms with E-state index in [0.717, 1.165) is 12.0 Å². The van der Waals surface area contributed by atoms with Crippen molar-refractivity contribution in [3.05, 3.63) is 82.9 Å². The number of benzene rings is 3. The van der Waals surface area contributed by atoms with Gasteiger partial charge in [0, 0.05) is 17.3 Å². The number of carbonyl (C=O) groups excluding carboxylic acids is 2. The molecule has 2 N–H and O–H groups in total. The zero-order chi connectivity index (χ0) is 28.1. The molecule has 0 saturated carbocycles. The first-order valence-electron chi connectivity index (χ1n) is 13.0. The Bertz CT molecular complexity index is 1390. The number of ketones is 1. The number of nitrogens with zero attached hydrogens (tertiary/aromatic N) is 1. The molecule has 3 aromatic rings. The van der Waals surface area contributed by atoms with E-state index in [9.17, 15) is 19.8 Å². The van der Waals surface area contributed by atoms with Gasteiger partial charge in [0.15, 0.2) is 11.5 Å². The molecule has 8 heteroatoms. The third kappa shape index (κ3) is 5.55. The van der Waals surface area contributed by atoms with Crippen LogP contribution in [0.3, 0.4) is 0 Å². The van der Waals surface area contributed by atoms with E-state index in [4.69, 9.17) is 14.2 Å². The van der Waals surface area contributed by atoms with Crippen LogP contribution in [0.2, 0.25) is 0 Å². The standard InChI is InChI=1S/C31H33NO7/c1-5-16-39-24-14-10-21(17-19(24)4)29(34)27-28(20-8-12-23(33)13-9-20)32(31(36)30(27)35)22-11-15-25(37-6-2)26(18-22)38-7-3/h8-15,17-18,28,33-34H,5-7,16H2,1-4H3/b29-27+. The maximum absolute atomic E-state index is 13.5. The summed E-state index contributed by atoms with van der Waals surface area (Å²) in [5.41, 5.74) is 2.07. The lowest BCUT2D eigenvalue weighted by Gasteiger charge is -2.26. The average Bonchev–Trinajstić information content (AvgIpc) is 3.19. The van der Waals surface area contributed by atoms with E-state index in [-0.39, 0.29) is 17.1 Å². The smallest absolute Gasteiger partial charge is 0.300 e. The molecule has 1 heterocycles. The second-order valence-corrected chi connectivity index (χ2v) is 9.09. The van der Waals surface area contributed by atoms with Crippen molar-refractivity contribution in [3.8, 4) is 23.0 Å². The fraction of sp³-hybridized carbons (Fsp3) is 0.290. The molecule has 204 valence electrons. The summed E-state index contributed by atoms with van der Waals surface area (Å²) < 4.78 is 17.2. The van der Waals surface area contributed by atoms with E-state index in [0.29, 0.717) is 53.9 Å². The second-order valence-electron chi connectivity index (χ2n) is 9.09. The van der Waals surface area contributed by atoms with Crippen LogP contribution in [0.15, 0.2) is 66.2 Å². The minimum absolute atomic E-state index is 0.0358. The predicted octanol–water partition coefficient (Wildman–Crippen LogP) is 5.91. The molecule has 1 amide bonds. The summed E-state index contributed by atoms with van der Waals surface area (Å²) >= 11 is 0. The highest BCUT2D eigenvalue weighted by atomic mass is 16.5. The largest absolute Gasteiger partial charge is 0.508 e. The minimum Gasteiger partial charge on any atom is -0.508 e. The third-order valence-corrected chi connectivity index (χ3v) is 6.37. The molecule has 0 bridgehead atoms. The molecule has 1 atom stereocenters. The van der Waals surface area contributed by atoms with Crippen LogP contribution in [-0.2, 0) is 9.59 Å². The second kappa shape index (κ2) is 11.9. The van der Waals surface area contributed by atoms with Gasteiger partial charge in [-0.3, -0.25) is 14.5 Å². The van der Waals surface area contributed by atoms with Gasteiger partial charge in [0.1, 0.15) is 17.3 Å². The molecule has 0 aromatic heterocycles. The summed E-state index contributed by atoms with van der Waals surface area (Å²) in [6.45, 7) is 8.93. The van der Waals surface area contributed by atoms with Crippen LogP contribution in [0.4, 0.5) is 5.69 Å². The van der Waals surface area contributed by atoms with Gasteiger partial charge in [0.25, 0.3) is 11.7 Å². The molecule has 1 unspecified atom stereocenters. The lowest BCUT2D eigenvalue weighted by molar-refractivity contribution is -0.132. The van der Waals surface area contributed by atoms with Crippen LogP contribution in [-0.4, -0.2) is 41.7 Å². The average molecular weight is 532 g/mol. The molecule has 1 saturated heterocycles. The number of aromatic hydroxyl groups is 1. The van der Waals surface area contributed by atoms with Gasteiger partial charge in [0.05, 0.1) is 31.4 Å². The van der Waals surface area contributed by atoms with Crippen molar-refractivity contribution in [2.45, 2.75) is 40.2 Å². The van der Waals surface area contributed by atoms with Crippen molar-refractivity contribution < 1.29 is 34.0 Å². The van der Waals surface area contributed by atoms with Crippen LogP contribution >= 0.6 is 0 Å². The zero-order valence-electron chi connectivity index (χ0n) is 22.6. The zero-order valence-corrected chi connectivity index (χ0v) is 22.6. The van der Waals surface area contributed by atoms with Gasteiger partial charge in [-0.15, -0.1) is 0 Å². The maximum atomic E-state index is 13.5. The van der Waals surface area contributed by atoms with E-state index in [1.54, 1.807) is 48.5 Å². The lowest BCUT2D eigenvalue weighted by Crippen LogP contribution is -2.29. The molecular weight excluding hydrogens is 498 g/mol. The molecule has 8 nitrogen and oxygen atoms in total. The van der Waals surface area contributed by atoms with Crippen LogP contribution in [0.5, 0.6) is 23.0 Å². The highest BCUT2D eigenvalue weighted by Crippen LogP contribution is 2.44. The Morgan fingerprint density at radius 1 is 0.846 bits per heavy atom. The van der Waals surface area contributed by atoms with Crippen LogP contribution in [0, 0.1) is 6.92 Å². The molecule has 0 spiro atoms. The monoisotopic (exact) mass is 531 g/mol. The van der Waals surface area contributed by atoms with E-state index < -0.39 is 17.7 Å². The predicted molar refractivity (Wildman–Crippen MR) is 149 cm³/mol. The topological polar surface area (TPSA) is 106 Å². The number of anilines is 1. The minimum atomic E-state index is -0.950. The van der Waals surface area contributed by atoms with Crippen molar-refractivity contribution >= 4 is 23.1 Å². The van der Waals surface area contributed by atoms with Crippen LogP contribution in [0.1, 0.15) is 49.9 Å². The normalized spacial score (nSPS) is 16.4. The quantitative estimate of drug-likeness (QED) is 0.190. The van der Waals surface area contributed by atoms with Gasteiger partial charge < -0.3 is 24.4 Å². The van der Waals surface area contributed by atoms with Crippen molar-refractivity contribution in [1.29, 1.82) is 0 Å². The van der Waals surface area contributed by atoms with Gasteiger partial charge in [-0.1, -0.05) is 19.1 Å². The number of aliphatic hydroxyl groups is 1. The van der Waals surface area contributed by atoms with Gasteiger partial charge in [-0.2, -0.15) is 0 Å². The summed E-state index contributed by atoms with van der Waals surface area (Å²) in [6.07, 6.45) is 0.855. The first kappa shape index (κ1) is 27.6. The third-order valence-electron chi connectivity index (χ3n) is 6.37. The first-order valence-corrected chi connectivity index (χ1v) is 13.0. The molecule has 3 aromatic carbocycles. The van der Waals surface area contributed by atoms with Crippen LogP contribution < -0.4 is 19.1 Å². The van der Waals surface area contributed by atoms with E-state index in [1.807, 2.05) is 27.7 Å². The number of phenolic OH excluding ortho intramolecular Hbond substituents is 1.